The second kappa shape index (κ2) is 9.65. The number of rotatable bonds is 7. The molecule has 1 saturated heterocycles. The van der Waals surface area contributed by atoms with Crippen molar-refractivity contribution in [2.75, 3.05) is 18.6 Å². The zero-order valence-electron chi connectivity index (χ0n) is 18.9. The van der Waals surface area contributed by atoms with Crippen molar-refractivity contribution in [3.8, 4) is 11.5 Å². The van der Waals surface area contributed by atoms with Gasteiger partial charge in [-0.05, 0) is 60.5 Å². The van der Waals surface area contributed by atoms with Gasteiger partial charge in [0, 0.05) is 11.3 Å². The normalized spacial score (nSPS) is 17.4. The van der Waals surface area contributed by atoms with E-state index in [0.717, 1.165) is 0 Å². The summed E-state index contributed by atoms with van der Waals surface area (Å²) in [5, 5.41) is 11.4. The fourth-order valence-electron chi connectivity index (χ4n) is 3.75. The van der Waals surface area contributed by atoms with Crippen LogP contribution in [0.3, 0.4) is 0 Å². The van der Waals surface area contributed by atoms with E-state index >= 15 is 0 Å². The Bertz CT molecular complexity index is 1230. The van der Waals surface area contributed by atoms with Crippen LogP contribution in [0.1, 0.15) is 31.2 Å². The van der Waals surface area contributed by atoms with Gasteiger partial charge in [0.15, 0.2) is 0 Å². The number of hydrogen-bond donors (Lipinski definition) is 1. The molecule has 3 aromatic rings. The van der Waals surface area contributed by atoms with Gasteiger partial charge in [0.05, 0.1) is 30.6 Å². The molecule has 0 aliphatic carbocycles. The molecule has 1 aliphatic heterocycles. The number of halogens is 1. The summed E-state index contributed by atoms with van der Waals surface area (Å²) < 4.78 is 16.4. The van der Waals surface area contributed by atoms with Crippen LogP contribution in [0.4, 0.5) is 5.69 Å². The monoisotopic (exact) mass is 481 g/mol. The van der Waals surface area contributed by atoms with Crippen molar-refractivity contribution < 1.29 is 28.6 Å². The van der Waals surface area contributed by atoms with Crippen molar-refractivity contribution in [3.05, 3.63) is 82.8 Å². The van der Waals surface area contributed by atoms with Crippen LogP contribution in [-0.2, 0) is 9.59 Å². The second-order valence-corrected chi connectivity index (χ2v) is 8.64. The molecule has 1 aromatic heterocycles. The van der Waals surface area contributed by atoms with Crippen LogP contribution in [0.15, 0.2) is 70.9 Å². The summed E-state index contributed by atoms with van der Waals surface area (Å²) in [4.78, 5) is 27.5. The molecular weight excluding hydrogens is 458 g/mol. The molecule has 0 spiro atoms. The van der Waals surface area contributed by atoms with Crippen molar-refractivity contribution in [2.24, 2.45) is 5.92 Å². The summed E-state index contributed by atoms with van der Waals surface area (Å²) in [6.45, 7) is 4.65. The number of carbonyl (C=O) groups excluding carboxylic acids is 2. The predicted molar refractivity (Wildman–Crippen MR) is 128 cm³/mol. The Kier molecular flexibility index (Phi) is 6.65. The minimum atomic E-state index is -0.976. The number of amides is 1. The van der Waals surface area contributed by atoms with E-state index in [-0.39, 0.29) is 16.4 Å². The lowest BCUT2D eigenvalue weighted by atomic mass is 9.99. The van der Waals surface area contributed by atoms with Crippen molar-refractivity contribution in [3.63, 3.8) is 0 Å². The van der Waals surface area contributed by atoms with E-state index < -0.39 is 17.7 Å². The largest absolute Gasteiger partial charge is 0.507 e. The molecule has 7 nitrogen and oxygen atoms in total. The van der Waals surface area contributed by atoms with E-state index in [1.54, 1.807) is 48.5 Å². The maximum atomic E-state index is 13.1. The molecule has 1 aliphatic rings. The van der Waals surface area contributed by atoms with Gasteiger partial charge in [-0.25, -0.2) is 0 Å². The Labute approximate surface area is 202 Å². The third-order valence-corrected chi connectivity index (χ3v) is 5.68. The molecule has 0 saturated carbocycles. The molecule has 2 aromatic carbocycles. The van der Waals surface area contributed by atoms with Crippen molar-refractivity contribution >= 4 is 34.7 Å². The topological polar surface area (TPSA) is 89.2 Å². The first kappa shape index (κ1) is 23.4. The fourth-order valence-corrected chi connectivity index (χ4v) is 4.00. The first-order valence-corrected chi connectivity index (χ1v) is 11.1. The molecule has 8 heteroatoms. The number of carbonyl (C=O) groups is 2. The van der Waals surface area contributed by atoms with Gasteiger partial charge < -0.3 is 19.0 Å². The number of hydrogen-bond acceptors (Lipinski definition) is 6. The quantitative estimate of drug-likeness (QED) is 0.268. The van der Waals surface area contributed by atoms with Crippen LogP contribution in [0.25, 0.3) is 5.76 Å². The van der Waals surface area contributed by atoms with E-state index in [2.05, 4.69) is 0 Å². The first-order valence-electron chi connectivity index (χ1n) is 10.7. The van der Waals surface area contributed by atoms with E-state index in [9.17, 15) is 14.7 Å². The van der Waals surface area contributed by atoms with E-state index in [4.69, 9.17) is 25.5 Å². The minimum Gasteiger partial charge on any atom is -0.507 e. The van der Waals surface area contributed by atoms with Crippen LogP contribution in [-0.4, -0.2) is 30.5 Å². The number of Topliss-reactive ketones (excluding diaryl/α,β-unsaturated/α-hetero) is 1. The van der Waals surface area contributed by atoms with E-state index in [0.29, 0.717) is 41.0 Å². The summed E-state index contributed by atoms with van der Waals surface area (Å²) in [6, 6.07) is 13.8. The van der Waals surface area contributed by atoms with Gasteiger partial charge in [-0.1, -0.05) is 25.4 Å². The lowest BCUT2D eigenvalue weighted by molar-refractivity contribution is -0.132. The number of ketones is 1. The number of benzene rings is 2. The highest BCUT2D eigenvalue weighted by molar-refractivity contribution is 6.51. The van der Waals surface area contributed by atoms with Gasteiger partial charge in [-0.15, -0.1) is 0 Å². The van der Waals surface area contributed by atoms with Gasteiger partial charge in [-0.3, -0.25) is 14.5 Å². The first-order chi connectivity index (χ1) is 16.3. The molecule has 34 heavy (non-hydrogen) atoms. The lowest BCUT2D eigenvalue weighted by Crippen LogP contribution is -2.29. The summed E-state index contributed by atoms with van der Waals surface area (Å²) in [7, 11) is 1.48. The second-order valence-electron chi connectivity index (χ2n) is 8.23. The molecule has 1 unspecified atom stereocenters. The van der Waals surface area contributed by atoms with Crippen LogP contribution < -0.4 is 14.4 Å². The van der Waals surface area contributed by atoms with Crippen molar-refractivity contribution in [2.45, 2.75) is 19.9 Å². The third-order valence-electron chi connectivity index (χ3n) is 5.38. The standard InChI is InChI=1S/C26H24ClNO6/c1-15(2)14-34-18-9-6-16(7-10-18)24(29)22-23(21-5-4-12-33-21)28(26(31)25(22)30)17-8-11-20(32-3)19(27)13-17/h4-13,15,23,29H,14H2,1-3H3/b24-22-. The van der Waals surface area contributed by atoms with Gasteiger partial charge >= 0.3 is 0 Å². The Hall–Kier alpha value is -3.71. The molecule has 176 valence electrons. The number of ether oxygens (including phenoxy) is 2. The Morgan fingerprint density at radius 3 is 2.47 bits per heavy atom. The number of furan rings is 1. The summed E-state index contributed by atoms with van der Waals surface area (Å²) in [5.74, 6) is -0.185. The number of aliphatic hydroxyl groups excluding tert-OH is 1. The average Bonchev–Trinajstić information content (AvgIpc) is 3.44. The molecule has 1 amide bonds. The minimum absolute atomic E-state index is 0.0808. The van der Waals surface area contributed by atoms with Crippen LogP contribution in [0.2, 0.25) is 5.02 Å². The fraction of sp³-hybridized carbons (Fsp3) is 0.231. The van der Waals surface area contributed by atoms with Gasteiger partial charge in [0.25, 0.3) is 11.7 Å². The van der Waals surface area contributed by atoms with Crippen LogP contribution in [0.5, 0.6) is 11.5 Å². The predicted octanol–water partition coefficient (Wildman–Crippen LogP) is 5.60. The molecule has 0 radical (unpaired) electrons. The lowest BCUT2D eigenvalue weighted by Gasteiger charge is -2.24. The number of methoxy groups -OCH3 is 1. The van der Waals surface area contributed by atoms with Crippen molar-refractivity contribution in [1.29, 1.82) is 0 Å². The zero-order valence-corrected chi connectivity index (χ0v) is 19.7. The highest BCUT2D eigenvalue weighted by atomic mass is 35.5. The summed E-state index contributed by atoms with van der Waals surface area (Å²) >= 11 is 6.27. The average molecular weight is 482 g/mol. The molecular formula is C26H24ClNO6. The maximum Gasteiger partial charge on any atom is 0.300 e. The summed E-state index contributed by atoms with van der Waals surface area (Å²) in [5.41, 5.74) is 0.660. The summed E-state index contributed by atoms with van der Waals surface area (Å²) in [6.07, 6.45) is 1.44. The molecule has 1 N–H and O–H groups in total. The maximum absolute atomic E-state index is 13.1. The zero-order chi connectivity index (χ0) is 24.4. The van der Waals surface area contributed by atoms with Gasteiger partial charge in [-0.2, -0.15) is 0 Å². The number of nitrogens with zero attached hydrogens (tertiary/aromatic N) is 1. The molecule has 1 fully saturated rings. The Morgan fingerprint density at radius 2 is 1.88 bits per heavy atom. The molecule has 4 rings (SSSR count). The SMILES string of the molecule is COc1ccc(N2C(=O)C(=O)/C(=C(\O)c3ccc(OCC(C)C)cc3)C2c2ccco2)cc1Cl. The molecule has 0 bridgehead atoms. The van der Waals surface area contributed by atoms with E-state index in [1.807, 2.05) is 13.8 Å². The smallest absolute Gasteiger partial charge is 0.300 e. The van der Waals surface area contributed by atoms with Gasteiger partial charge in [0.2, 0.25) is 0 Å². The van der Waals surface area contributed by atoms with E-state index in [1.165, 1.54) is 24.3 Å². The highest BCUT2D eigenvalue weighted by Gasteiger charge is 2.48. The number of aliphatic hydroxyl groups is 1. The van der Waals surface area contributed by atoms with Crippen LogP contribution in [0, 0.1) is 5.92 Å². The van der Waals surface area contributed by atoms with Crippen molar-refractivity contribution in [1.82, 2.24) is 0 Å². The van der Waals surface area contributed by atoms with Gasteiger partial charge in [0.1, 0.15) is 29.1 Å². The Morgan fingerprint density at radius 1 is 1.15 bits per heavy atom. The Balaban J connectivity index is 1.78. The third kappa shape index (κ3) is 4.39. The highest BCUT2D eigenvalue weighted by Crippen LogP contribution is 2.43. The van der Waals surface area contributed by atoms with Crippen LogP contribution >= 0.6 is 11.6 Å². The number of anilines is 1. The molecule has 2 heterocycles. The molecule has 1 atom stereocenters.